The molecule has 1 aliphatic heterocycles. The average molecular weight is 364 g/mol. The first kappa shape index (κ1) is 17.1. The van der Waals surface area contributed by atoms with Crippen molar-refractivity contribution in [1.29, 1.82) is 0 Å². The lowest BCUT2D eigenvalue weighted by Crippen LogP contribution is -2.35. The van der Waals surface area contributed by atoms with E-state index in [2.05, 4.69) is 20.7 Å². The summed E-state index contributed by atoms with van der Waals surface area (Å²) in [5.41, 5.74) is 0.857. The van der Waals surface area contributed by atoms with Crippen molar-refractivity contribution in [3.63, 3.8) is 0 Å². The van der Waals surface area contributed by atoms with Crippen molar-refractivity contribution in [3.05, 3.63) is 48.3 Å². The van der Waals surface area contributed by atoms with Crippen LogP contribution in [0, 0.1) is 12.8 Å². The minimum absolute atomic E-state index is 0.0277. The van der Waals surface area contributed by atoms with E-state index >= 15 is 0 Å². The first-order valence-electron chi connectivity index (χ1n) is 8.92. The molecule has 0 saturated carbocycles. The zero-order valence-corrected chi connectivity index (χ0v) is 15.0. The third-order valence-corrected chi connectivity index (χ3v) is 4.72. The van der Waals surface area contributed by atoms with Crippen molar-refractivity contribution < 1.29 is 9.59 Å². The van der Waals surface area contributed by atoms with Crippen LogP contribution in [-0.4, -0.2) is 45.1 Å². The second-order valence-electron chi connectivity index (χ2n) is 6.63. The van der Waals surface area contributed by atoms with Gasteiger partial charge in [-0.1, -0.05) is 36.4 Å². The molecule has 2 heterocycles. The fraction of sp³-hybridized carbons (Fsp3) is 0.316. The Morgan fingerprint density at radius 2 is 2.04 bits per heavy atom. The van der Waals surface area contributed by atoms with E-state index in [9.17, 15) is 9.59 Å². The molecule has 1 aliphatic rings. The van der Waals surface area contributed by atoms with Gasteiger partial charge in [0.05, 0.1) is 18.2 Å². The van der Waals surface area contributed by atoms with E-state index in [1.165, 1.54) is 4.80 Å². The SMILES string of the molecule is Cc1nnn(CCNC(=O)[C@H]2CC(=O)N(c3cccc4ccccc34)C2)n1. The van der Waals surface area contributed by atoms with E-state index < -0.39 is 0 Å². The molecule has 3 aromatic rings. The Morgan fingerprint density at radius 3 is 2.85 bits per heavy atom. The van der Waals surface area contributed by atoms with E-state index in [0.29, 0.717) is 25.5 Å². The van der Waals surface area contributed by atoms with Crippen molar-refractivity contribution in [2.75, 3.05) is 18.0 Å². The summed E-state index contributed by atoms with van der Waals surface area (Å²) in [6, 6.07) is 13.8. The molecular formula is C19H20N6O2. The van der Waals surface area contributed by atoms with Gasteiger partial charge < -0.3 is 10.2 Å². The molecule has 0 unspecified atom stereocenters. The molecule has 0 radical (unpaired) electrons. The Labute approximate surface area is 156 Å². The monoisotopic (exact) mass is 364 g/mol. The van der Waals surface area contributed by atoms with E-state index in [-0.39, 0.29) is 24.2 Å². The molecule has 2 aromatic carbocycles. The molecule has 1 aromatic heterocycles. The lowest BCUT2D eigenvalue weighted by atomic mass is 10.1. The highest BCUT2D eigenvalue weighted by molar-refractivity contribution is 6.06. The van der Waals surface area contributed by atoms with Crippen LogP contribution in [0.2, 0.25) is 0 Å². The number of hydrogen-bond acceptors (Lipinski definition) is 5. The number of fused-ring (bicyclic) bond motifs is 1. The van der Waals surface area contributed by atoms with Gasteiger partial charge in [-0.2, -0.15) is 4.80 Å². The molecule has 138 valence electrons. The summed E-state index contributed by atoms with van der Waals surface area (Å²) < 4.78 is 0. The highest BCUT2D eigenvalue weighted by Gasteiger charge is 2.35. The quantitative estimate of drug-likeness (QED) is 0.737. The molecule has 1 atom stereocenters. The van der Waals surface area contributed by atoms with Crippen LogP contribution in [0.4, 0.5) is 5.69 Å². The maximum Gasteiger partial charge on any atom is 0.227 e. The highest BCUT2D eigenvalue weighted by atomic mass is 16.2. The highest BCUT2D eigenvalue weighted by Crippen LogP contribution is 2.31. The van der Waals surface area contributed by atoms with Gasteiger partial charge >= 0.3 is 0 Å². The number of nitrogens with one attached hydrogen (secondary N) is 1. The Balaban J connectivity index is 1.41. The second-order valence-corrected chi connectivity index (χ2v) is 6.63. The summed E-state index contributed by atoms with van der Waals surface area (Å²) in [5.74, 6) is 0.0818. The molecule has 1 fully saturated rings. The number of carbonyl (C=O) groups excluding carboxylic acids is 2. The van der Waals surface area contributed by atoms with E-state index in [1.807, 2.05) is 42.5 Å². The number of benzene rings is 2. The average Bonchev–Trinajstić information content (AvgIpc) is 3.27. The zero-order valence-electron chi connectivity index (χ0n) is 15.0. The molecule has 27 heavy (non-hydrogen) atoms. The molecule has 8 heteroatoms. The topological polar surface area (TPSA) is 93.0 Å². The molecule has 8 nitrogen and oxygen atoms in total. The number of carbonyl (C=O) groups is 2. The van der Waals surface area contributed by atoms with Gasteiger partial charge in [0.25, 0.3) is 0 Å². The number of nitrogens with zero attached hydrogens (tertiary/aromatic N) is 5. The zero-order chi connectivity index (χ0) is 18.8. The lowest BCUT2D eigenvalue weighted by molar-refractivity contribution is -0.126. The molecule has 0 aliphatic carbocycles. The third kappa shape index (κ3) is 3.51. The van der Waals surface area contributed by atoms with Crippen LogP contribution >= 0.6 is 0 Å². The number of anilines is 1. The third-order valence-electron chi connectivity index (χ3n) is 4.72. The molecule has 1 N–H and O–H groups in total. The van der Waals surface area contributed by atoms with Crippen LogP contribution in [-0.2, 0) is 16.1 Å². The summed E-state index contributed by atoms with van der Waals surface area (Å²) >= 11 is 0. The molecule has 2 amide bonds. The molecule has 0 bridgehead atoms. The maximum atomic E-state index is 12.5. The van der Waals surface area contributed by atoms with Crippen molar-refractivity contribution in [2.24, 2.45) is 5.92 Å². The predicted molar refractivity (Wildman–Crippen MR) is 100.0 cm³/mol. The van der Waals surface area contributed by atoms with Crippen molar-refractivity contribution in [1.82, 2.24) is 25.5 Å². The van der Waals surface area contributed by atoms with Crippen LogP contribution in [0.15, 0.2) is 42.5 Å². The van der Waals surface area contributed by atoms with E-state index in [4.69, 9.17) is 0 Å². The minimum Gasteiger partial charge on any atom is -0.354 e. The Kier molecular flexibility index (Phi) is 4.53. The van der Waals surface area contributed by atoms with Crippen molar-refractivity contribution >= 4 is 28.3 Å². The van der Waals surface area contributed by atoms with Crippen LogP contribution in [0.3, 0.4) is 0 Å². The van der Waals surface area contributed by atoms with Gasteiger partial charge in [0, 0.05) is 24.9 Å². The molecular weight excluding hydrogens is 344 g/mol. The first-order valence-corrected chi connectivity index (χ1v) is 8.92. The molecule has 4 rings (SSSR count). The van der Waals surface area contributed by atoms with Crippen LogP contribution in [0.25, 0.3) is 10.8 Å². The largest absolute Gasteiger partial charge is 0.354 e. The second kappa shape index (κ2) is 7.14. The van der Waals surface area contributed by atoms with Gasteiger partial charge in [-0.05, 0) is 23.6 Å². The van der Waals surface area contributed by atoms with Crippen LogP contribution in [0.5, 0.6) is 0 Å². The lowest BCUT2D eigenvalue weighted by Gasteiger charge is -2.19. The number of aryl methyl sites for hydroxylation is 1. The standard InChI is InChI=1S/C19H20N6O2/c1-13-21-23-25(22-13)10-9-20-19(27)15-11-18(26)24(12-15)17-8-4-6-14-5-2-3-7-16(14)17/h2-8,15H,9-12H2,1H3,(H,20,27)/t15-/m0/s1. The van der Waals surface area contributed by atoms with Crippen molar-refractivity contribution in [2.45, 2.75) is 19.9 Å². The fourth-order valence-electron chi connectivity index (χ4n) is 3.40. The summed E-state index contributed by atoms with van der Waals surface area (Å²) in [6.45, 7) is 2.99. The van der Waals surface area contributed by atoms with Gasteiger partial charge in [-0.3, -0.25) is 9.59 Å². The van der Waals surface area contributed by atoms with Gasteiger partial charge in [-0.25, -0.2) is 0 Å². The van der Waals surface area contributed by atoms with Crippen LogP contribution < -0.4 is 10.2 Å². The fourth-order valence-corrected chi connectivity index (χ4v) is 3.40. The smallest absolute Gasteiger partial charge is 0.227 e. The minimum atomic E-state index is -0.359. The number of amides is 2. The van der Waals surface area contributed by atoms with Crippen LogP contribution in [0.1, 0.15) is 12.2 Å². The summed E-state index contributed by atoms with van der Waals surface area (Å²) in [4.78, 5) is 28.2. The number of rotatable bonds is 5. The summed E-state index contributed by atoms with van der Waals surface area (Å²) in [5, 5.41) is 16.7. The Bertz CT molecular complexity index is 993. The number of tetrazole rings is 1. The molecule has 0 spiro atoms. The number of aromatic nitrogens is 4. The predicted octanol–water partition coefficient (Wildman–Crippen LogP) is 1.30. The van der Waals surface area contributed by atoms with Gasteiger partial charge in [0.15, 0.2) is 5.82 Å². The molecule has 1 saturated heterocycles. The maximum absolute atomic E-state index is 12.5. The van der Waals surface area contributed by atoms with Crippen molar-refractivity contribution in [3.8, 4) is 0 Å². The van der Waals surface area contributed by atoms with Gasteiger partial charge in [0.2, 0.25) is 11.8 Å². The van der Waals surface area contributed by atoms with E-state index in [1.54, 1.807) is 11.8 Å². The van der Waals surface area contributed by atoms with E-state index in [0.717, 1.165) is 16.5 Å². The van der Waals surface area contributed by atoms with Gasteiger partial charge in [-0.15, -0.1) is 10.2 Å². The summed E-state index contributed by atoms with van der Waals surface area (Å²) in [7, 11) is 0. The first-order chi connectivity index (χ1) is 13.1. The number of hydrogen-bond donors (Lipinski definition) is 1. The van der Waals surface area contributed by atoms with Gasteiger partial charge in [0.1, 0.15) is 0 Å². The Hall–Kier alpha value is -3.29. The summed E-state index contributed by atoms with van der Waals surface area (Å²) in [6.07, 6.45) is 0.218. The normalized spacial score (nSPS) is 16.9. The Morgan fingerprint density at radius 1 is 1.22 bits per heavy atom.